The van der Waals surface area contributed by atoms with E-state index in [1.807, 2.05) is 30.3 Å². The molecule has 1 N–H and O–H groups in total. The summed E-state index contributed by atoms with van der Waals surface area (Å²) in [5, 5.41) is 3.46. The van der Waals surface area contributed by atoms with Crippen molar-refractivity contribution in [3.63, 3.8) is 0 Å². The topological polar surface area (TPSA) is 80.8 Å². The molecule has 1 aliphatic heterocycles. The fourth-order valence-corrected chi connectivity index (χ4v) is 4.33. The molecule has 1 saturated heterocycles. The summed E-state index contributed by atoms with van der Waals surface area (Å²) in [6.07, 6.45) is 0. The van der Waals surface area contributed by atoms with Gasteiger partial charge in [0.15, 0.2) is 5.13 Å². The van der Waals surface area contributed by atoms with Crippen molar-refractivity contribution in [1.29, 1.82) is 0 Å². The lowest BCUT2D eigenvalue weighted by atomic mass is 10.1. The Bertz CT molecular complexity index is 1040. The first-order chi connectivity index (χ1) is 15.1. The number of nitrogens with zero attached hydrogens (tertiary/aromatic N) is 2. The minimum atomic E-state index is -0.402. The Balaban J connectivity index is 1.53. The molecule has 1 fully saturated rings. The van der Waals surface area contributed by atoms with Crippen molar-refractivity contribution in [3.05, 3.63) is 65.0 Å². The predicted molar refractivity (Wildman–Crippen MR) is 119 cm³/mol. The first-order valence-electron chi connectivity index (χ1n) is 10.0. The predicted octanol–water partition coefficient (Wildman–Crippen LogP) is 3.82. The normalized spacial score (nSPS) is 14.2. The third-order valence-electron chi connectivity index (χ3n) is 4.81. The molecule has 1 amide bonds. The zero-order valence-electron chi connectivity index (χ0n) is 17.2. The minimum absolute atomic E-state index is 0.263. The molecule has 4 rings (SSSR count). The summed E-state index contributed by atoms with van der Waals surface area (Å²) in [5.74, 6) is -0.264. The first-order valence-corrected chi connectivity index (χ1v) is 10.9. The van der Waals surface area contributed by atoms with Crippen LogP contribution in [0.5, 0.6) is 5.75 Å². The smallest absolute Gasteiger partial charge is 0.308 e. The number of esters is 1. The average molecular weight is 438 g/mol. The Labute approximate surface area is 184 Å². The quantitative estimate of drug-likeness (QED) is 0.466. The molecule has 31 heavy (non-hydrogen) atoms. The molecule has 3 aromatic rings. The van der Waals surface area contributed by atoms with Gasteiger partial charge in [-0.3, -0.25) is 19.8 Å². The van der Waals surface area contributed by atoms with E-state index in [1.165, 1.54) is 18.3 Å². The Morgan fingerprint density at radius 1 is 1.10 bits per heavy atom. The molecular weight excluding hydrogens is 414 g/mol. The lowest BCUT2D eigenvalue weighted by molar-refractivity contribution is -0.131. The van der Waals surface area contributed by atoms with Gasteiger partial charge >= 0.3 is 5.97 Å². The molecule has 1 aliphatic rings. The van der Waals surface area contributed by atoms with Gasteiger partial charge in [-0.2, -0.15) is 0 Å². The summed E-state index contributed by atoms with van der Waals surface area (Å²) >= 11 is 1.49. The molecule has 0 unspecified atom stereocenters. The van der Waals surface area contributed by atoms with E-state index in [0.29, 0.717) is 16.4 Å². The van der Waals surface area contributed by atoms with Crippen molar-refractivity contribution >= 4 is 28.3 Å². The second-order valence-electron chi connectivity index (χ2n) is 7.12. The number of amides is 1. The van der Waals surface area contributed by atoms with Gasteiger partial charge in [-0.05, 0) is 24.3 Å². The van der Waals surface area contributed by atoms with E-state index in [1.54, 1.807) is 24.3 Å². The number of hydrogen-bond donors (Lipinski definition) is 1. The lowest BCUT2D eigenvalue weighted by Crippen LogP contribution is -2.35. The van der Waals surface area contributed by atoms with Gasteiger partial charge < -0.3 is 9.47 Å². The van der Waals surface area contributed by atoms with Crippen LogP contribution in [0, 0.1) is 0 Å². The molecular formula is C23H23N3O4S. The van der Waals surface area contributed by atoms with E-state index in [-0.39, 0.29) is 5.91 Å². The van der Waals surface area contributed by atoms with Gasteiger partial charge in [-0.1, -0.05) is 41.7 Å². The highest BCUT2D eigenvalue weighted by atomic mass is 32.1. The third kappa shape index (κ3) is 5.55. The Hall–Kier alpha value is -3.07. The second kappa shape index (κ2) is 9.82. The number of ether oxygens (including phenoxy) is 2. The lowest BCUT2D eigenvalue weighted by Gasteiger charge is -2.26. The molecule has 2 aromatic carbocycles. The molecule has 0 saturated carbocycles. The highest BCUT2D eigenvalue weighted by molar-refractivity contribution is 7.16. The largest absolute Gasteiger partial charge is 0.427 e. The summed E-state index contributed by atoms with van der Waals surface area (Å²) in [6.45, 7) is 5.31. The van der Waals surface area contributed by atoms with Gasteiger partial charge in [-0.15, -0.1) is 0 Å². The van der Waals surface area contributed by atoms with Crippen molar-refractivity contribution in [1.82, 2.24) is 9.88 Å². The number of benzene rings is 2. The van der Waals surface area contributed by atoms with Crippen LogP contribution in [0.2, 0.25) is 0 Å². The second-order valence-corrected chi connectivity index (χ2v) is 8.20. The Kier molecular flexibility index (Phi) is 6.71. The number of hydrogen-bond acceptors (Lipinski definition) is 7. The standard InChI is InChI=1S/C23H23N3O4S/c1-16(27)30-19-9-7-18(8-10-19)22(28)25-23-24-21(17-5-3-2-4-6-17)20(31-23)15-26-11-13-29-14-12-26/h2-10H,11-15H2,1H3,(H,24,25,28). The average Bonchev–Trinajstić information content (AvgIpc) is 3.17. The zero-order valence-corrected chi connectivity index (χ0v) is 18.0. The molecule has 1 aromatic heterocycles. The zero-order chi connectivity index (χ0) is 21.6. The van der Waals surface area contributed by atoms with Gasteiger partial charge in [0.25, 0.3) is 5.91 Å². The maximum Gasteiger partial charge on any atom is 0.308 e. The van der Waals surface area contributed by atoms with Crippen LogP contribution in [0.3, 0.4) is 0 Å². The molecule has 8 heteroatoms. The molecule has 0 aliphatic carbocycles. The van der Waals surface area contributed by atoms with E-state index < -0.39 is 5.97 Å². The Morgan fingerprint density at radius 2 is 1.81 bits per heavy atom. The van der Waals surface area contributed by atoms with Crippen LogP contribution < -0.4 is 10.1 Å². The maximum atomic E-state index is 12.7. The van der Waals surface area contributed by atoms with E-state index in [4.69, 9.17) is 14.5 Å². The maximum absolute atomic E-state index is 12.7. The molecule has 0 radical (unpaired) electrons. The number of morpholine rings is 1. The monoisotopic (exact) mass is 437 g/mol. The SMILES string of the molecule is CC(=O)Oc1ccc(C(=O)Nc2nc(-c3ccccc3)c(CN3CCOCC3)s2)cc1. The molecule has 2 heterocycles. The van der Waals surface area contributed by atoms with Crippen LogP contribution in [0.15, 0.2) is 54.6 Å². The van der Waals surface area contributed by atoms with Crippen molar-refractivity contribution in [3.8, 4) is 17.0 Å². The van der Waals surface area contributed by atoms with Crippen LogP contribution in [-0.4, -0.2) is 48.1 Å². The van der Waals surface area contributed by atoms with Crippen LogP contribution >= 0.6 is 11.3 Å². The molecule has 7 nitrogen and oxygen atoms in total. The van der Waals surface area contributed by atoms with E-state index in [0.717, 1.165) is 49.0 Å². The van der Waals surface area contributed by atoms with Crippen LogP contribution in [0.1, 0.15) is 22.2 Å². The highest BCUT2D eigenvalue weighted by Crippen LogP contribution is 2.32. The number of rotatable bonds is 6. The molecule has 0 spiro atoms. The summed E-state index contributed by atoms with van der Waals surface area (Å²) in [6, 6.07) is 16.4. The van der Waals surface area contributed by atoms with E-state index in [2.05, 4.69) is 10.2 Å². The highest BCUT2D eigenvalue weighted by Gasteiger charge is 2.19. The van der Waals surface area contributed by atoms with Crippen molar-refractivity contribution < 1.29 is 19.1 Å². The number of aromatic nitrogens is 1. The van der Waals surface area contributed by atoms with E-state index >= 15 is 0 Å². The molecule has 0 atom stereocenters. The van der Waals surface area contributed by atoms with Crippen LogP contribution in [-0.2, 0) is 16.1 Å². The van der Waals surface area contributed by atoms with Gasteiger partial charge in [0.05, 0.1) is 18.9 Å². The molecule has 160 valence electrons. The number of anilines is 1. The Morgan fingerprint density at radius 3 is 2.48 bits per heavy atom. The fourth-order valence-electron chi connectivity index (χ4n) is 3.31. The fraction of sp³-hybridized carbons (Fsp3) is 0.261. The number of carbonyl (C=O) groups excluding carboxylic acids is 2. The van der Waals surface area contributed by atoms with Gasteiger partial charge in [-0.25, -0.2) is 4.98 Å². The number of thiazole rings is 1. The summed E-state index contributed by atoms with van der Waals surface area (Å²) in [5.41, 5.74) is 2.37. The van der Waals surface area contributed by atoms with Crippen LogP contribution in [0.25, 0.3) is 11.3 Å². The summed E-state index contributed by atoms with van der Waals surface area (Å²) < 4.78 is 10.5. The summed E-state index contributed by atoms with van der Waals surface area (Å²) in [4.78, 5) is 31.9. The van der Waals surface area contributed by atoms with Crippen molar-refractivity contribution in [2.24, 2.45) is 0 Å². The van der Waals surface area contributed by atoms with Gasteiger partial charge in [0.1, 0.15) is 5.75 Å². The summed E-state index contributed by atoms with van der Waals surface area (Å²) in [7, 11) is 0. The number of carbonyl (C=O) groups is 2. The third-order valence-corrected chi connectivity index (χ3v) is 5.77. The first kappa shape index (κ1) is 21.2. The number of nitrogens with one attached hydrogen (secondary N) is 1. The van der Waals surface area contributed by atoms with E-state index in [9.17, 15) is 9.59 Å². The van der Waals surface area contributed by atoms with Crippen molar-refractivity contribution in [2.45, 2.75) is 13.5 Å². The van der Waals surface area contributed by atoms with Gasteiger partial charge in [0.2, 0.25) is 0 Å². The van der Waals surface area contributed by atoms with Crippen LogP contribution in [0.4, 0.5) is 5.13 Å². The van der Waals surface area contributed by atoms with Crippen molar-refractivity contribution in [2.75, 3.05) is 31.6 Å². The van der Waals surface area contributed by atoms with Gasteiger partial charge in [0, 0.05) is 42.6 Å². The molecule has 0 bridgehead atoms. The minimum Gasteiger partial charge on any atom is -0.427 e.